The number of hydrogen-bond acceptors (Lipinski definition) is 3. The standard InChI is InChI=1S/C10H22O3Si/c1-3-11-10(12-4-2)14-9-7-5-6-8-13-9/h9-10H,3-8,14H2,1-2H3. The van der Waals surface area contributed by atoms with Crippen molar-refractivity contribution in [3.05, 3.63) is 0 Å². The van der Waals surface area contributed by atoms with Crippen LogP contribution in [-0.4, -0.2) is 41.0 Å². The average molecular weight is 218 g/mol. The minimum atomic E-state index is -0.409. The van der Waals surface area contributed by atoms with Gasteiger partial charge < -0.3 is 14.2 Å². The van der Waals surface area contributed by atoms with Crippen molar-refractivity contribution in [3.8, 4) is 0 Å². The Morgan fingerprint density at radius 1 is 1.29 bits per heavy atom. The third kappa shape index (κ3) is 4.55. The molecule has 1 saturated heterocycles. The van der Waals surface area contributed by atoms with Crippen LogP contribution in [0.15, 0.2) is 0 Å². The van der Waals surface area contributed by atoms with Gasteiger partial charge in [0, 0.05) is 25.5 Å². The van der Waals surface area contributed by atoms with E-state index in [2.05, 4.69) is 0 Å². The molecule has 1 fully saturated rings. The summed E-state index contributed by atoms with van der Waals surface area (Å²) in [5, 5.41) is 0. The molecule has 0 aromatic carbocycles. The van der Waals surface area contributed by atoms with Gasteiger partial charge in [-0.25, -0.2) is 0 Å². The summed E-state index contributed by atoms with van der Waals surface area (Å²) in [5.74, 6) is 0.0631. The normalized spacial score (nSPS) is 23.8. The van der Waals surface area contributed by atoms with Crippen LogP contribution in [0.3, 0.4) is 0 Å². The van der Waals surface area contributed by atoms with Crippen LogP contribution in [-0.2, 0) is 14.2 Å². The zero-order valence-electron chi connectivity index (χ0n) is 9.33. The molecule has 1 aliphatic rings. The van der Waals surface area contributed by atoms with Gasteiger partial charge in [-0.15, -0.1) is 0 Å². The lowest BCUT2D eigenvalue weighted by atomic mass is 10.2. The molecule has 1 aliphatic heterocycles. The molecule has 1 rings (SSSR count). The Hall–Kier alpha value is 0.0969. The third-order valence-corrected chi connectivity index (χ3v) is 4.46. The molecule has 0 N–H and O–H groups in total. The predicted molar refractivity (Wildman–Crippen MR) is 59.2 cm³/mol. The fraction of sp³-hybridized carbons (Fsp3) is 1.00. The highest BCUT2D eigenvalue weighted by Crippen LogP contribution is 2.13. The van der Waals surface area contributed by atoms with E-state index in [9.17, 15) is 0 Å². The van der Waals surface area contributed by atoms with Crippen LogP contribution >= 0.6 is 0 Å². The molecule has 3 nitrogen and oxygen atoms in total. The van der Waals surface area contributed by atoms with Crippen molar-refractivity contribution in [2.24, 2.45) is 0 Å². The molecule has 0 bridgehead atoms. The molecule has 0 radical (unpaired) electrons. The van der Waals surface area contributed by atoms with Gasteiger partial charge in [-0.1, -0.05) is 0 Å². The molecule has 0 aromatic heterocycles. The summed E-state index contributed by atoms with van der Waals surface area (Å²) in [6, 6.07) is 0. The second-order valence-electron chi connectivity index (χ2n) is 3.56. The van der Waals surface area contributed by atoms with Gasteiger partial charge in [0.25, 0.3) is 0 Å². The molecule has 4 heteroatoms. The van der Waals surface area contributed by atoms with Crippen LogP contribution in [0.25, 0.3) is 0 Å². The molecule has 1 heterocycles. The maximum absolute atomic E-state index is 5.70. The minimum absolute atomic E-state index is 0.0631. The first-order chi connectivity index (χ1) is 6.86. The van der Waals surface area contributed by atoms with Crippen LogP contribution < -0.4 is 0 Å². The molecule has 14 heavy (non-hydrogen) atoms. The molecule has 1 unspecified atom stereocenters. The van der Waals surface area contributed by atoms with E-state index >= 15 is 0 Å². The summed E-state index contributed by atoms with van der Waals surface area (Å²) in [7, 11) is -0.409. The monoisotopic (exact) mass is 218 g/mol. The quantitative estimate of drug-likeness (QED) is 0.492. The van der Waals surface area contributed by atoms with Crippen molar-refractivity contribution in [3.63, 3.8) is 0 Å². The highest BCUT2D eigenvalue weighted by molar-refractivity contribution is 6.38. The van der Waals surface area contributed by atoms with Crippen molar-refractivity contribution in [1.82, 2.24) is 0 Å². The summed E-state index contributed by atoms with van der Waals surface area (Å²) >= 11 is 0. The zero-order chi connectivity index (χ0) is 10.2. The summed E-state index contributed by atoms with van der Waals surface area (Å²) in [6.45, 7) is 6.45. The Bertz CT molecular complexity index is 131. The summed E-state index contributed by atoms with van der Waals surface area (Å²) < 4.78 is 16.8. The lowest BCUT2D eigenvalue weighted by molar-refractivity contribution is -0.0876. The lowest BCUT2D eigenvalue weighted by Gasteiger charge is -2.26. The molecular formula is C10H22O3Si. The highest BCUT2D eigenvalue weighted by atomic mass is 28.2. The van der Waals surface area contributed by atoms with E-state index < -0.39 is 9.52 Å². The van der Waals surface area contributed by atoms with E-state index in [1.807, 2.05) is 13.8 Å². The van der Waals surface area contributed by atoms with Crippen LogP contribution in [0.5, 0.6) is 0 Å². The first kappa shape index (κ1) is 12.2. The van der Waals surface area contributed by atoms with Gasteiger partial charge in [-0.2, -0.15) is 0 Å². The van der Waals surface area contributed by atoms with Gasteiger partial charge in [0.05, 0.1) is 0 Å². The van der Waals surface area contributed by atoms with Gasteiger partial charge in [0.15, 0.2) is 0 Å². The van der Waals surface area contributed by atoms with Crippen LogP contribution in [0.4, 0.5) is 0 Å². The Labute approximate surface area is 88.9 Å². The van der Waals surface area contributed by atoms with Crippen molar-refractivity contribution < 1.29 is 14.2 Å². The van der Waals surface area contributed by atoms with Gasteiger partial charge in [-0.05, 0) is 33.1 Å². The Morgan fingerprint density at radius 2 is 2.00 bits per heavy atom. The Balaban J connectivity index is 2.21. The van der Waals surface area contributed by atoms with E-state index in [-0.39, 0.29) is 5.91 Å². The highest BCUT2D eigenvalue weighted by Gasteiger charge is 2.20. The summed E-state index contributed by atoms with van der Waals surface area (Å²) in [5.41, 5.74) is 0.479. The minimum Gasteiger partial charge on any atom is -0.382 e. The predicted octanol–water partition coefficient (Wildman–Crippen LogP) is 1.04. The molecule has 0 aliphatic carbocycles. The molecular weight excluding hydrogens is 196 g/mol. The molecule has 0 spiro atoms. The molecule has 0 saturated carbocycles. The zero-order valence-corrected chi connectivity index (χ0v) is 10.7. The van der Waals surface area contributed by atoms with E-state index in [4.69, 9.17) is 14.2 Å². The van der Waals surface area contributed by atoms with Crippen LogP contribution in [0.2, 0.25) is 0 Å². The van der Waals surface area contributed by atoms with E-state index in [1.165, 1.54) is 19.3 Å². The largest absolute Gasteiger partial charge is 0.382 e. The van der Waals surface area contributed by atoms with E-state index in [0.29, 0.717) is 5.73 Å². The SMILES string of the molecule is CCOC(OCC)[SiH2]C1CCCCO1. The van der Waals surface area contributed by atoms with Crippen molar-refractivity contribution in [2.45, 2.75) is 44.8 Å². The molecule has 0 aromatic rings. The number of rotatable bonds is 6. The average Bonchev–Trinajstić information content (AvgIpc) is 2.20. The molecule has 1 atom stereocenters. The van der Waals surface area contributed by atoms with Crippen molar-refractivity contribution in [2.75, 3.05) is 19.8 Å². The number of ether oxygens (including phenoxy) is 3. The Kier molecular flexibility index (Phi) is 6.43. The maximum Gasteiger partial charge on any atom is 0.137 e. The topological polar surface area (TPSA) is 27.7 Å². The molecule has 84 valence electrons. The fourth-order valence-electron chi connectivity index (χ4n) is 1.76. The fourth-order valence-corrected chi connectivity index (χ4v) is 3.76. The maximum atomic E-state index is 5.70. The first-order valence-corrected chi connectivity index (χ1v) is 7.35. The third-order valence-electron chi connectivity index (χ3n) is 2.43. The Morgan fingerprint density at radius 3 is 2.50 bits per heavy atom. The second-order valence-corrected chi connectivity index (χ2v) is 5.61. The first-order valence-electron chi connectivity index (χ1n) is 5.71. The van der Waals surface area contributed by atoms with Gasteiger partial charge in [0.2, 0.25) is 0 Å². The van der Waals surface area contributed by atoms with Crippen LogP contribution in [0.1, 0.15) is 33.1 Å². The van der Waals surface area contributed by atoms with E-state index in [1.54, 1.807) is 0 Å². The summed E-state index contributed by atoms with van der Waals surface area (Å²) in [4.78, 5) is 0. The van der Waals surface area contributed by atoms with Gasteiger partial charge >= 0.3 is 0 Å². The number of hydrogen-bond donors (Lipinski definition) is 0. The van der Waals surface area contributed by atoms with Gasteiger partial charge in [-0.3, -0.25) is 0 Å². The van der Waals surface area contributed by atoms with E-state index in [0.717, 1.165) is 19.8 Å². The lowest BCUT2D eigenvalue weighted by Crippen LogP contribution is -2.36. The van der Waals surface area contributed by atoms with Crippen molar-refractivity contribution in [1.29, 1.82) is 0 Å². The smallest absolute Gasteiger partial charge is 0.137 e. The summed E-state index contributed by atoms with van der Waals surface area (Å²) in [6.07, 6.45) is 3.74. The second kappa shape index (κ2) is 7.40. The van der Waals surface area contributed by atoms with Gasteiger partial charge in [0.1, 0.15) is 15.4 Å². The van der Waals surface area contributed by atoms with Crippen molar-refractivity contribution >= 4 is 9.52 Å². The molecule has 0 amide bonds. The van der Waals surface area contributed by atoms with Crippen LogP contribution in [0, 0.1) is 0 Å².